The first-order chi connectivity index (χ1) is 10.5. The largest absolute Gasteiger partial charge is 0.393 e. The van der Waals surface area contributed by atoms with E-state index in [-0.39, 0.29) is 6.10 Å². The van der Waals surface area contributed by atoms with Crippen LogP contribution >= 0.6 is 0 Å². The van der Waals surface area contributed by atoms with E-state index in [4.69, 9.17) is 0 Å². The van der Waals surface area contributed by atoms with Crippen LogP contribution in [-0.4, -0.2) is 11.2 Å². The summed E-state index contributed by atoms with van der Waals surface area (Å²) in [6, 6.07) is 0. The lowest BCUT2D eigenvalue weighted by Crippen LogP contribution is -2.52. The molecular weight excluding hydrogens is 268 g/mol. The molecule has 0 aromatic heterocycles. The normalized spacial score (nSPS) is 57.8. The Kier molecular flexibility index (Phi) is 3.68. The Morgan fingerprint density at radius 1 is 0.909 bits per heavy atom. The van der Waals surface area contributed by atoms with Crippen LogP contribution in [0.15, 0.2) is 0 Å². The zero-order valence-corrected chi connectivity index (χ0v) is 15.0. The van der Waals surface area contributed by atoms with Crippen LogP contribution in [0.25, 0.3) is 0 Å². The minimum Gasteiger partial charge on any atom is -0.393 e. The van der Waals surface area contributed by atoms with Crippen LogP contribution in [0.5, 0.6) is 0 Å². The fourth-order valence-electron chi connectivity index (χ4n) is 8.15. The Labute approximate surface area is 137 Å². The second-order valence-electron chi connectivity index (χ2n) is 9.77. The summed E-state index contributed by atoms with van der Waals surface area (Å²) in [7, 11) is 0. The van der Waals surface area contributed by atoms with E-state index in [0.29, 0.717) is 16.7 Å². The summed E-state index contributed by atoms with van der Waals surface area (Å²) in [5.74, 6) is 4.28. The molecule has 4 saturated carbocycles. The molecule has 4 aliphatic rings. The molecule has 0 unspecified atom stereocenters. The molecule has 0 aliphatic heterocycles. The summed E-state index contributed by atoms with van der Waals surface area (Å²) in [5.41, 5.74) is 1.07. The van der Waals surface area contributed by atoms with Gasteiger partial charge < -0.3 is 5.11 Å². The van der Waals surface area contributed by atoms with E-state index >= 15 is 0 Å². The van der Waals surface area contributed by atoms with Crippen LogP contribution in [0.1, 0.15) is 85.0 Å². The molecule has 126 valence electrons. The molecule has 0 aromatic carbocycles. The lowest BCUT2D eigenvalue weighted by Gasteiger charge is -2.60. The molecule has 0 heterocycles. The number of aliphatic hydroxyl groups excluding tert-OH is 1. The van der Waals surface area contributed by atoms with Gasteiger partial charge in [0.05, 0.1) is 6.10 Å². The predicted molar refractivity (Wildman–Crippen MR) is 91.5 cm³/mol. The van der Waals surface area contributed by atoms with Crippen LogP contribution in [0, 0.1) is 40.4 Å². The molecular formula is C21H36O. The molecule has 4 rings (SSSR count). The molecule has 0 bridgehead atoms. The molecule has 0 radical (unpaired) electrons. The summed E-state index contributed by atoms with van der Waals surface area (Å²) in [6.45, 7) is 7.49. The van der Waals surface area contributed by atoms with Crippen molar-refractivity contribution in [1.82, 2.24) is 0 Å². The molecule has 4 aliphatic carbocycles. The number of hydrogen-bond donors (Lipinski definition) is 1. The van der Waals surface area contributed by atoms with Gasteiger partial charge in [-0.05, 0) is 85.4 Å². The Bertz CT molecular complexity index is 426. The molecule has 22 heavy (non-hydrogen) atoms. The highest BCUT2D eigenvalue weighted by Crippen LogP contribution is 2.67. The van der Waals surface area contributed by atoms with Crippen LogP contribution in [0.3, 0.4) is 0 Å². The maximum atomic E-state index is 10.7. The first kappa shape index (κ1) is 15.5. The summed E-state index contributed by atoms with van der Waals surface area (Å²) in [6.07, 6.45) is 14.0. The SMILES string of the molecule is CC[C@@H]1[C@H](O)C[C@@H]2[C@@H]3CC[C@H]4CCCC[C@]4(C)[C@H]3CC[C@@]21C. The lowest BCUT2D eigenvalue weighted by atomic mass is 9.45. The summed E-state index contributed by atoms with van der Waals surface area (Å²) in [5, 5.41) is 10.7. The fourth-order valence-corrected chi connectivity index (χ4v) is 8.15. The molecule has 0 saturated heterocycles. The van der Waals surface area contributed by atoms with E-state index in [1.165, 1.54) is 57.8 Å². The zero-order valence-electron chi connectivity index (χ0n) is 15.0. The lowest BCUT2D eigenvalue weighted by molar-refractivity contribution is -0.111. The minimum atomic E-state index is -0.0179. The number of hydrogen-bond acceptors (Lipinski definition) is 1. The highest BCUT2D eigenvalue weighted by atomic mass is 16.3. The average Bonchev–Trinajstić information content (AvgIpc) is 2.76. The highest BCUT2D eigenvalue weighted by Gasteiger charge is 2.61. The standard InChI is InChI=1S/C21H36O/c1-4-16-19(22)13-18-15-9-8-14-7-5-6-11-20(14,2)17(15)10-12-21(16,18)3/h14-19,22H,4-13H2,1-3H3/t14-,15-,16-,17+,18-,19-,20+,21-/m1/s1. The van der Waals surface area contributed by atoms with E-state index in [2.05, 4.69) is 20.8 Å². The van der Waals surface area contributed by atoms with Crippen LogP contribution in [0.4, 0.5) is 0 Å². The Balaban J connectivity index is 1.64. The molecule has 0 spiro atoms. The van der Waals surface area contributed by atoms with Crippen molar-refractivity contribution in [1.29, 1.82) is 0 Å². The van der Waals surface area contributed by atoms with E-state index in [9.17, 15) is 5.11 Å². The quantitative estimate of drug-likeness (QED) is 0.686. The van der Waals surface area contributed by atoms with Gasteiger partial charge in [-0.15, -0.1) is 0 Å². The van der Waals surface area contributed by atoms with Gasteiger partial charge in [-0.25, -0.2) is 0 Å². The molecule has 1 N–H and O–H groups in total. The van der Waals surface area contributed by atoms with Crippen molar-refractivity contribution >= 4 is 0 Å². The van der Waals surface area contributed by atoms with Crippen molar-refractivity contribution < 1.29 is 5.11 Å². The van der Waals surface area contributed by atoms with Crippen LogP contribution in [0.2, 0.25) is 0 Å². The zero-order chi connectivity index (χ0) is 15.5. The number of aliphatic hydroxyl groups is 1. The Morgan fingerprint density at radius 2 is 1.73 bits per heavy atom. The molecule has 1 heteroatoms. The molecule has 1 nitrogen and oxygen atoms in total. The third-order valence-corrected chi connectivity index (χ3v) is 9.27. The van der Waals surface area contributed by atoms with E-state index in [1.54, 1.807) is 0 Å². The van der Waals surface area contributed by atoms with Gasteiger partial charge in [-0.2, -0.15) is 0 Å². The van der Waals surface area contributed by atoms with Crippen molar-refractivity contribution in [3.05, 3.63) is 0 Å². The predicted octanol–water partition coefficient (Wildman–Crippen LogP) is 5.42. The molecule has 4 fully saturated rings. The summed E-state index contributed by atoms with van der Waals surface area (Å²) in [4.78, 5) is 0. The van der Waals surface area contributed by atoms with Gasteiger partial charge in [0.25, 0.3) is 0 Å². The van der Waals surface area contributed by atoms with Gasteiger partial charge in [0.1, 0.15) is 0 Å². The molecule has 8 atom stereocenters. The molecule has 0 amide bonds. The smallest absolute Gasteiger partial charge is 0.0576 e. The highest BCUT2D eigenvalue weighted by molar-refractivity contribution is 5.10. The summed E-state index contributed by atoms with van der Waals surface area (Å²) >= 11 is 0. The van der Waals surface area contributed by atoms with Crippen LogP contribution in [-0.2, 0) is 0 Å². The van der Waals surface area contributed by atoms with Gasteiger partial charge in [0.2, 0.25) is 0 Å². The van der Waals surface area contributed by atoms with Gasteiger partial charge in [-0.3, -0.25) is 0 Å². The maximum absolute atomic E-state index is 10.7. The Morgan fingerprint density at radius 3 is 2.50 bits per heavy atom. The van der Waals surface area contributed by atoms with E-state index in [1.807, 2.05) is 0 Å². The second-order valence-corrected chi connectivity index (χ2v) is 9.77. The number of rotatable bonds is 1. The molecule has 0 aromatic rings. The van der Waals surface area contributed by atoms with Crippen molar-refractivity contribution in [3.63, 3.8) is 0 Å². The van der Waals surface area contributed by atoms with Gasteiger partial charge in [0, 0.05) is 0 Å². The van der Waals surface area contributed by atoms with Crippen molar-refractivity contribution in [3.8, 4) is 0 Å². The monoisotopic (exact) mass is 304 g/mol. The minimum absolute atomic E-state index is 0.0179. The first-order valence-corrected chi connectivity index (χ1v) is 10.2. The topological polar surface area (TPSA) is 20.2 Å². The first-order valence-electron chi connectivity index (χ1n) is 10.2. The number of fused-ring (bicyclic) bond motifs is 5. The van der Waals surface area contributed by atoms with Crippen molar-refractivity contribution in [2.45, 2.75) is 91.1 Å². The average molecular weight is 305 g/mol. The van der Waals surface area contributed by atoms with Crippen molar-refractivity contribution in [2.24, 2.45) is 40.4 Å². The summed E-state index contributed by atoms with van der Waals surface area (Å²) < 4.78 is 0. The van der Waals surface area contributed by atoms with E-state index in [0.717, 1.165) is 30.1 Å². The second kappa shape index (κ2) is 5.23. The van der Waals surface area contributed by atoms with Gasteiger partial charge in [-0.1, -0.05) is 40.0 Å². The van der Waals surface area contributed by atoms with Crippen molar-refractivity contribution in [2.75, 3.05) is 0 Å². The fraction of sp³-hybridized carbons (Fsp3) is 1.00. The third kappa shape index (κ3) is 1.93. The van der Waals surface area contributed by atoms with Gasteiger partial charge in [0.15, 0.2) is 0 Å². The third-order valence-electron chi connectivity index (χ3n) is 9.27. The van der Waals surface area contributed by atoms with Crippen LogP contribution < -0.4 is 0 Å². The van der Waals surface area contributed by atoms with E-state index < -0.39 is 0 Å². The maximum Gasteiger partial charge on any atom is 0.0576 e. The van der Waals surface area contributed by atoms with Gasteiger partial charge >= 0.3 is 0 Å². The Hall–Kier alpha value is -0.0400.